The molecule has 3 aromatic rings. The second-order valence-corrected chi connectivity index (χ2v) is 4.27. The lowest BCUT2D eigenvalue weighted by Crippen LogP contribution is -1.97. The summed E-state index contributed by atoms with van der Waals surface area (Å²) in [5.74, 6) is 0. The van der Waals surface area contributed by atoms with Crippen molar-refractivity contribution in [2.24, 2.45) is 0 Å². The Morgan fingerprint density at radius 1 is 1.22 bits per heavy atom. The lowest BCUT2D eigenvalue weighted by atomic mass is 10.2. The highest BCUT2D eigenvalue weighted by Gasteiger charge is 2.05. The Labute approximate surface area is 105 Å². The van der Waals surface area contributed by atoms with Crippen molar-refractivity contribution in [2.75, 3.05) is 5.73 Å². The third-order valence-electron chi connectivity index (χ3n) is 3.01. The Morgan fingerprint density at radius 3 is 2.89 bits per heavy atom. The SMILES string of the molecule is CCc1cnc2c(ccn2-c2cncc(N)c2)c1. The van der Waals surface area contributed by atoms with E-state index in [0.29, 0.717) is 5.69 Å². The van der Waals surface area contributed by atoms with E-state index in [1.54, 1.807) is 12.4 Å². The normalized spacial score (nSPS) is 10.9. The molecule has 0 aliphatic rings. The van der Waals surface area contributed by atoms with Gasteiger partial charge in [0.25, 0.3) is 0 Å². The highest BCUT2D eigenvalue weighted by atomic mass is 15.0. The molecule has 0 bridgehead atoms. The summed E-state index contributed by atoms with van der Waals surface area (Å²) in [5.41, 5.74) is 9.51. The predicted molar refractivity (Wildman–Crippen MR) is 72.7 cm³/mol. The number of nitrogens with two attached hydrogens (primary N) is 1. The quantitative estimate of drug-likeness (QED) is 0.746. The number of hydrogen-bond donors (Lipinski definition) is 1. The number of pyridine rings is 2. The molecule has 4 nitrogen and oxygen atoms in total. The van der Waals surface area contributed by atoms with Gasteiger partial charge in [-0.1, -0.05) is 6.92 Å². The fourth-order valence-corrected chi connectivity index (χ4v) is 2.05. The van der Waals surface area contributed by atoms with E-state index in [1.807, 2.05) is 23.0 Å². The van der Waals surface area contributed by atoms with Crippen LogP contribution in [0.5, 0.6) is 0 Å². The number of aromatic nitrogens is 3. The number of fused-ring (bicyclic) bond motifs is 1. The molecule has 0 amide bonds. The van der Waals surface area contributed by atoms with Crippen molar-refractivity contribution in [2.45, 2.75) is 13.3 Å². The molecule has 0 fully saturated rings. The van der Waals surface area contributed by atoms with Gasteiger partial charge in [-0.25, -0.2) is 4.98 Å². The molecule has 18 heavy (non-hydrogen) atoms. The highest BCUT2D eigenvalue weighted by molar-refractivity contribution is 5.78. The Kier molecular flexibility index (Phi) is 2.48. The number of rotatable bonds is 2. The topological polar surface area (TPSA) is 56.7 Å². The van der Waals surface area contributed by atoms with Gasteiger partial charge in [-0.2, -0.15) is 0 Å². The summed E-state index contributed by atoms with van der Waals surface area (Å²) in [6.45, 7) is 2.13. The van der Waals surface area contributed by atoms with Crippen LogP contribution in [0.4, 0.5) is 5.69 Å². The van der Waals surface area contributed by atoms with Crippen molar-refractivity contribution in [3.05, 3.63) is 48.5 Å². The number of nitrogens with zero attached hydrogens (tertiary/aromatic N) is 3. The minimum atomic E-state index is 0.652. The molecular formula is C14H14N4. The van der Waals surface area contributed by atoms with Crippen LogP contribution >= 0.6 is 0 Å². The lowest BCUT2D eigenvalue weighted by Gasteiger charge is -2.05. The zero-order chi connectivity index (χ0) is 12.5. The maximum atomic E-state index is 5.76. The van der Waals surface area contributed by atoms with Crippen molar-refractivity contribution in [1.82, 2.24) is 14.5 Å². The van der Waals surface area contributed by atoms with E-state index >= 15 is 0 Å². The Hall–Kier alpha value is -2.36. The van der Waals surface area contributed by atoms with Gasteiger partial charge >= 0.3 is 0 Å². The zero-order valence-corrected chi connectivity index (χ0v) is 10.2. The van der Waals surface area contributed by atoms with E-state index in [9.17, 15) is 0 Å². The van der Waals surface area contributed by atoms with Gasteiger partial charge in [0, 0.05) is 24.0 Å². The monoisotopic (exact) mass is 238 g/mol. The van der Waals surface area contributed by atoms with Crippen LogP contribution in [0, 0.1) is 0 Å². The minimum Gasteiger partial charge on any atom is -0.397 e. The summed E-state index contributed by atoms with van der Waals surface area (Å²) in [7, 11) is 0. The summed E-state index contributed by atoms with van der Waals surface area (Å²) < 4.78 is 2.00. The van der Waals surface area contributed by atoms with E-state index in [0.717, 1.165) is 23.1 Å². The molecule has 0 aliphatic heterocycles. The molecule has 3 heterocycles. The fourth-order valence-electron chi connectivity index (χ4n) is 2.05. The van der Waals surface area contributed by atoms with Crippen molar-refractivity contribution >= 4 is 16.7 Å². The van der Waals surface area contributed by atoms with E-state index in [2.05, 4.69) is 29.0 Å². The zero-order valence-electron chi connectivity index (χ0n) is 10.2. The number of aryl methyl sites for hydroxylation is 1. The van der Waals surface area contributed by atoms with Gasteiger partial charge in [0.15, 0.2) is 0 Å². The Morgan fingerprint density at radius 2 is 2.11 bits per heavy atom. The third kappa shape index (κ3) is 1.72. The summed E-state index contributed by atoms with van der Waals surface area (Å²) >= 11 is 0. The molecule has 3 rings (SSSR count). The summed E-state index contributed by atoms with van der Waals surface area (Å²) in [4.78, 5) is 8.62. The van der Waals surface area contributed by atoms with Gasteiger partial charge in [-0.05, 0) is 30.2 Å². The Balaban J connectivity index is 2.18. The van der Waals surface area contributed by atoms with Crippen molar-refractivity contribution in [3.8, 4) is 5.69 Å². The molecule has 0 unspecified atom stereocenters. The van der Waals surface area contributed by atoms with Crippen molar-refractivity contribution in [3.63, 3.8) is 0 Å². The van der Waals surface area contributed by atoms with Crippen LogP contribution in [0.25, 0.3) is 16.7 Å². The molecule has 0 atom stereocenters. The van der Waals surface area contributed by atoms with Crippen LogP contribution in [-0.2, 0) is 6.42 Å². The number of hydrogen-bond acceptors (Lipinski definition) is 3. The molecule has 0 aromatic carbocycles. The first-order chi connectivity index (χ1) is 8.78. The first kappa shape index (κ1) is 10.8. The van der Waals surface area contributed by atoms with Crippen LogP contribution in [0.3, 0.4) is 0 Å². The first-order valence-corrected chi connectivity index (χ1v) is 5.95. The maximum absolute atomic E-state index is 5.76. The van der Waals surface area contributed by atoms with Gasteiger partial charge in [0.1, 0.15) is 5.65 Å². The molecule has 2 N–H and O–H groups in total. The van der Waals surface area contributed by atoms with Crippen LogP contribution < -0.4 is 5.73 Å². The number of nitrogen functional groups attached to an aromatic ring is 1. The van der Waals surface area contributed by atoms with Gasteiger partial charge in [0.05, 0.1) is 17.6 Å². The van der Waals surface area contributed by atoms with Crippen molar-refractivity contribution in [1.29, 1.82) is 0 Å². The molecule has 4 heteroatoms. The van der Waals surface area contributed by atoms with Crippen LogP contribution in [-0.4, -0.2) is 14.5 Å². The van der Waals surface area contributed by atoms with Crippen LogP contribution in [0.1, 0.15) is 12.5 Å². The third-order valence-corrected chi connectivity index (χ3v) is 3.01. The average Bonchev–Trinajstić information content (AvgIpc) is 2.81. The molecule has 0 saturated carbocycles. The van der Waals surface area contributed by atoms with E-state index in [-0.39, 0.29) is 0 Å². The molecular weight excluding hydrogens is 224 g/mol. The van der Waals surface area contributed by atoms with Gasteiger partial charge in [0.2, 0.25) is 0 Å². The second-order valence-electron chi connectivity index (χ2n) is 4.27. The van der Waals surface area contributed by atoms with E-state index in [4.69, 9.17) is 5.73 Å². The molecule has 0 radical (unpaired) electrons. The second kappa shape index (κ2) is 4.14. The fraction of sp³-hybridized carbons (Fsp3) is 0.143. The van der Waals surface area contributed by atoms with Gasteiger partial charge in [-0.15, -0.1) is 0 Å². The van der Waals surface area contributed by atoms with E-state index < -0.39 is 0 Å². The molecule has 0 spiro atoms. The molecule has 90 valence electrons. The number of anilines is 1. The largest absolute Gasteiger partial charge is 0.397 e. The summed E-state index contributed by atoms with van der Waals surface area (Å²) in [5, 5.41) is 1.14. The summed E-state index contributed by atoms with van der Waals surface area (Å²) in [6.07, 6.45) is 8.32. The van der Waals surface area contributed by atoms with Crippen LogP contribution in [0.15, 0.2) is 43.0 Å². The highest BCUT2D eigenvalue weighted by Crippen LogP contribution is 2.20. The predicted octanol–water partition coefficient (Wildman–Crippen LogP) is 2.57. The van der Waals surface area contributed by atoms with Crippen molar-refractivity contribution < 1.29 is 0 Å². The van der Waals surface area contributed by atoms with E-state index in [1.165, 1.54) is 5.56 Å². The molecule has 0 saturated heterocycles. The maximum Gasteiger partial charge on any atom is 0.144 e. The van der Waals surface area contributed by atoms with Crippen LogP contribution in [0.2, 0.25) is 0 Å². The molecule has 3 aromatic heterocycles. The smallest absolute Gasteiger partial charge is 0.144 e. The first-order valence-electron chi connectivity index (χ1n) is 5.95. The molecule has 0 aliphatic carbocycles. The lowest BCUT2D eigenvalue weighted by molar-refractivity contribution is 1.06. The Bertz CT molecular complexity index is 700. The van der Waals surface area contributed by atoms with Gasteiger partial charge in [-0.3, -0.25) is 9.55 Å². The van der Waals surface area contributed by atoms with Gasteiger partial charge < -0.3 is 5.73 Å². The average molecular weight is 238 g/mol. The standard InChI is InChI=1S/C14H14N4/c1-2-10-5-11-3-4-18(14(11)17-7-10)13-6-12(15)8-16-9-13/h3-9H,2,15H2,1H3. The minimum absolute atomic E-state index is 0.652. The summed E-state index contributed by atoms with van der Waals surface area (Å²) in [6, 6.07) is 6.12.